The lowest BCUT2D eigenvalue weighted by Gasteiger charge is -2.08. The highest BCUT2D eigenvalue weighted by Gasteiger charge is 2.19. The fraction of sp³-hybridized carbons (Fsp3) is 0.889. The van der Waals surface area contributed by atoms with E-state index in [4.69, 9.17) is 4.74 Å². The number of cyclic esters (lactones) is 1. The van der Waals surface area contributed by atoms with Crippen molar-refractivity contribution in [3.8, 4) is 0 Å². The molecule has 0 aromatic carbocycles. The minimum absolute atomic E-state index is 0.156. The maximum absolute atomic E-state index is 10.7. The summed E-state index contributed by atoms with van der Waals surface area (Å²) in [4.78, 5) is 12.4. The Morgan fingerprint density at radius 2 is 2.00 bits per heavy atom. The van der Waals surface area contributed by atoms with Crippen LogP contribution in [0, 0.1) is 0 Å². The predicted octanol–water partition coefficient (Wildman–Crippen LogP) is 2.26. The summed E-state index contributed by atoms with van der Waals surface area (Å²) in [6, 6.07) is 0. The highest BCUT2D eigenvalue weighted by Crippen LogP contribution is 2.02. The monoisotopic (exact) mass is 173 g/mol. The van der Waals surface area contributed by atoms with Gasteiger partial charge in [0.15, 0.2) is 0 Å². The van der Waals surface area contributed by atoms with Gasteiger partial charge in [-0.15, -0.1) is 0 Å². The van der Waals surface area contributed by atoms with Crippen molar-refractivity contribution in [1.29, 1.82) is 0 Å². The van der Waals surface area contributed by atoms with Crippen LogP contribution in [0.1, 0.15) is 33.6 Å². The second-order valence-electron chi connectivity index (χ2n) is 2.81. The van der Waals surface area contributed by atoms with Crippen molar-refractivity contribution in [3.63, 3.8) is 0 Å². The van der Waals surface area contributed by atoms with E-state index in [1.165, 1.54) is 6.42 Å². The average Bonchev–Trinajstić information content (AvgIpc) is 2.39. The SMILES string of the molecule is CCC.CCCN1CCOC1=O. The first-order valence-electron chi connectivity index (χ1n) is 4.67. The number of nitrogens with zero attached hydrogens (tertiary/aromatic N) is 1. The van der Waals surface area contributed by atoms with Gasteiger partial charge in [-0.05, 0) is 6.42 Å². The van der Waals surface area contributed by atoms with Crippen LogP contribution in [0.4, 0.5) is 4.79 Å². The summed E-state index contributed by atoms with van der Waals surface area (Å²) >= 11 is 0. The minimum Gasteiger partial charge on any atom is -0.448 e. The van der Waals surface area contributed by atoms with Crippen molar-refractivity contribution >= 4 is 6.09 Å². The lowest BCUT2D eigenvalue weighted by atomic mass is 10.4. The molecule has 3 heteroatoms. The molecule has 1 heterocycles. The average molecular weight is 173 g/mol. The second-order valence-corrected chi connectivity index (χ2v) is 2.81. The van der Waals surface area contributed by atoms with Crippen molar-refractivity contribution in [2.45, 2.75) is 33.6 Å². The summed E-state index contributed by atoms with van der Waals surface area (Å²) in [5, 5.41) is 0. The van der Waals surface area contributed by atoms with Crippen molar-refractivity contribution < 1.29 is 9.53 Å². The predicted molar refractivity (Wildman–Crippen MR) is 49.2 cm³/mol. The highest BCUT2D eigenvalue weighted by molar-refractivity contribution is 5.69. The van der Waals surface area contributed by atoms with Gasteiger partial charge >= 0.3 is 6.09 Å². The summed E-state index contributed by atoms with van der Waals surface area (Å²) in [5.41, 5.74) is 0. The van der Waals surface area contributed by atoms with Crippen LogP contribution in [0.3, 0.4) is 0 Å². The molecule has 0 N–H and O–H groups in total. The largest absolute Gasteiger partial charge is 0.448 e. The Bertz CT molecular complexity index is 126. The zero-order chi connectivity index (χ0) is 9.40. The van der Waals surface area contributed by atoms with Crippen molar-refractivity contribution in [3.05, 3.63) is 0 Å². The van der Waals surface area contributed by atoms with Crippen LogP contribution in [0.15, 0.2) is 0 Å². The Morgan fingerprint density at radius 1 is 1.42 bits per heavy atom. The van der Waals surface area contributed by atoms with Gasteiger partial charge in [0.25, 0.3) is 0 Å². The van der Waals surface area contributed by atoms with E-state index in [0.29, 0.717) is 6.61 Å². The number of hydrogen-bond acceptors (Lipinski definition) is 2. The number of ether oxygens (including phenoxy) is 1. The van der Waals surface area contributed by atoms with Crippen LogP contribution in [-0.2, 0) is 4.74 Å². The third kappa shape index (κ3) is 4.21. The number of rotatable bonds is 2. The quantitative estimate of drug-likeness (QED) is 0.641. The molecule has 1 rings (SSSR count). The first-order chi connectivity index (χ1) is 5.76. The highest BCUT2D eigenvalue weighted by atomic mass is 16.6. The molecule has 0 bridgehead atoms. The van der Waals surface area contributed by atoms with Crippen LogP contribution < -0.4 is 0 Å². The molecule has 1 aliphatic rings. The molecule has 72 valence electrons. The Morgan fingerprint density at radius 3 is 2.33 bits per heavy atom. The molecule has 1 amide bonds. The minimum atomic E-state index is -0.156. The van der Waals surface area contributed by atoms with Crippen molar-refractivity contribution in [2.75, 3.05) is 19.7 Å². The molecule has 12 heavy (non-hydrogen) atoms. The summed E-state index contributed by atoms with van der Waals surface area (Å²) < 4.78 is 4.70. The fourth-order valence-corrected chi connectivity index (χ4v) is 0.899. The van der Waals surface area contributed by atoms with Gasteiger partial charge in [0.2, 0.25) is 0 Å². The standard InChI is InChI=1S/C6H11NO2.C3H8/c1-2-3-7-4-5-9-6(7)8;1-3-2/h2-5H2,1H3;3H2,1-2H3. The summed E-state index contributed by atoms with van der Waals surface area (Å²) in [6.07, 6.45) is 2.10. The Labute approximate surface area is 74.7 Å². The molecule has 0 aromatic rings. The topological polar surface area (TPSA) is 29.5 Å². The van der Waals surface area contributed by atoms with Crippen molar-refractivity contribution in [1.82, 2.24) is 4.90 Å². The molecule has 0 aromatic heterocycles. The van der Waals surface area contributed by atoms with Crippen LogP contribution in [-0.4, -0.2) is 30.7 Å². The van der Waals surface area contributed by atoms with Crippen LogP contribution in [0.2, 0.25) is 0 Å². The van der Waals surface area contributed by atoms with Crippen LogP contribution in [0.25, 0.3) is 0 Å². The van der Waals surface area contributed by atoms with Gasteiger partial charge in [0.05, 0.1) is 6.54 Å². The van der Waals surface area contributed by atoms with Crippen LogP contribution >= 0.6 is 0 Å². The second kappa shape index (κ2) is 6.95. The first kappa shape index (κ1) is 11.3. The van der Waals surface area contributed by atoms with E-state index in [1.54, 1.807) is 4.90 Å². The van der Waals surface area contributed by atoms with Gasteiger partial charge in [0, 0.05) is 6.54 Å². The van der Waals surface area contributed by atoms with E-state index in [2.05, 4.69) is 13.8 Å². The molecule has 1 aliphatic heterocycles. The molecule has 1 fully saturated rings. The summed E-state index contributed by atoms with van der Waals surface area (Å²) in [5.74, 6) is 0. The first-order valence-corrected chi connectivity index (χ1v) is 4.67. The lowest BCUT2D eigenvalue weighted by molar-refractivity contribution is 0.158. The lowest BCUT2D eigenvalue weighted by Crippen LogP contribution is -2.24. The zero-order valence-corrected chi connectivity index (χ0v) is 8.30. The molecule has 0 unspecified atom stereocenters. The fourth-order valence-electron chi connectivity index (χ4n) is 0.899. The van der Waals surface area contributed by atoms with E-state index in [9.17, 15) is 4.79 Å². The number of carbonyl (C=O) groups is 1. The number of hydrogen-bond donors (Lipinski definition) is 0. The Balaban J connectivity index is 0.000000354. The smallest absolute Gasteiger partial charge is 0.409 e. The Kier molecular flexibility index (Phi) is 6.53. The molecule has 1 saturated heterocycles. The maximum Gasteiger partial charge on any atom is 0.409 e. The van der Waals surface area contributed by atoms with Gasteiger partial charge in [-0.25, -0.2) is 4.79 Å². The summed E-state index contributed by atoms with van der Waals surface area (Å²) in [7, 11) is 0. The van der Waals surface area contributed by atoms with Crippen molar-refractivity contribution in [2.24, 2.45) is 0 Å². The van der Waals surface area contributed by atoms with Gasteiger partial charge in [-0.2, -0.15) is 0 Å². The molecular weight excluding hydrogens is 154 g/mol. The third-order valence-corrected chi connectivity index (χ3v) is 1.34. The van der Waals surface area contributed by atoms with Crippen LogP contribution in [0.5, 0.6) is 0 Å². The molecular formula is C9H19NO2. The number of carbonyl (C=O) groups excluding carboxylic acids is 1. The molecule has 0 radical (unpaired) electrons. The Hall–Kier alpha value is -0.730. The third-order valence-electron chi connectivity index (χ3n) is 1.34. The molecule has 3 nitrogen and oxygen atoms in total. The molecule has 0 saturated carbocycles. The van der Waals surface area contributed by atoms with E-state index < -0.39 is 0 Å². The van der Waals surface area contributed by atoms with Gasteiger partial charge in [-0.1, -0.05) is 27.2 Å². The van der Waals surface area contributed by atoms with Gasteiger partial charge < -0.3 is 9.64 Å². The normalized spacial score (nSPS) is 15.2. The molecule has 0 atom stereocenters. The summed E-state index contributed by atoms with van der Waals surface area (Å²) in [6.45, 7) is 8.47. The number of amides is 1. The van der Waals surface area contributed by atoms with E-state index >= 15 is 0 Å². The van der Waals surface area contributed by atoms with E-state index in [1.807, 2.05) is 6.92 Å². The van der Waals surface area contributed by atoms with E-state index in [0.717, 1.165) is 19.5 Å². The molecule has 0 aliphatic carbocycles. The maximum atomic E-state index is 10.7. The van der Waals surface area contributed by atoms with E-state index in [-0.39, 0.29) is 6.09 Å². The zero-order valence-electron chi connectivity index (χ0n) is 8.30. The van der Waals surface area contributed by atoms with Gasteiger partial charge in [-0.3, -0.25) is 0 Å². The molecule has 0 spiro atoms. The van der Waals surface area contributed by atoms with Gasteiger partial charge in [0.1, 0.15) is 6.61 Å².